The lowest BCUT2D eigenvalue weighted by atomic mass is 9.88. The zero-order valence-electron chi connectivity index (χ0n) is 12.5. The Bertz CT molecular complexity index is 544. The fourth-order valence-electron chi connectivity index (χ4n) is 2.81. The summed E-state index contributed by atoms with van der Waals surface area (Å²) >= 11 is 0. The molecular weight excluding hydrogens is 268 g/mol. The van der Waals surface area contributed by atoms with Crippen molar-refractivity contribution < 1.29 is 14.7 Å². The first-order valence-corrected chi connectivity index (χ1v) is 7.32. The Morgan fingerprint density at radius 2 is 2.14 bits per heavy atom. The van der Waals surface area contributed by atoms with E-state index in [4.69, 9.17) is 0 Å². The van der Waals surface area contributed by atoms with Crippen LogP contribution in [0.25, 0.3) is 0 Å². The van der Waals surface area contributed by atoms with Gasteiger partial charge in [0, 0.05) is 13.1 Å². The van der Waals surface area contributed by atoms with E-state index in [9.17, 15) is 14.7 Å². The average Bonchev–Trinajstić information content (AvgIpc) is 2.46. The van der Waals surface area contributed by atoms with Gasteiger partial charge in [-0.3, -0.25) is 4.79 Å². The topological polar surface area (TPSA) is 78.4 Å². The molecule has 1 aliphatic heterocycles. The summed E-state index contributed by atoms with van der Waals surface area (Å²) in [6.07, 6.45) is 1.11. The highest BCUT2D eigenvalue weighted by molar-refractivity contribution is 5.90. The number of carbonyl (C=O) groups is 2. The number of carboxylic acids is 1. The van der Waals surface area contributed by atoms with Gasteiger partial charge < -0.3 is 15.7 Å². The third-order valence-electron chi connectivity index (χ3n) is 4.03. The molecule has 114 valence electrons. The number of carbonyl (C=O) groups excluding carboxylic acids is 1. The molecule has 3 N–H and O–H groups in total. The molecule has 0 aliphatic carbocycles. The first-order chi connectivity index (χ1) is 9.98. The molecule has 0 fully saturated rings. The van der Waals surface area contributed by atoms with E-state index < -0.39 is 11.5 Å². The second-order valence-electron chi connectivity index (χ2n) is 5.76. The van der Waals surface area contributed by atoms with Gasteiger partial charge in [-0.2, -0.15) is 0 Å². The Labute approximate surface area is 124 Å². The van der Waals surface area contributed by atoms with Crippen LogP contribution >= 0.6 is 0 Å². The maximum absolute atomic E-state index is 12.5. The summed E-state index contributed by atoms with van der Waals surface area (Å²) in [5, 5.41) is 15.3. The summed E-state index contributed by atoms with van der Waals surface area (Å²) < 4.78 is 0. The zero-order chi connectivity index (χ0) is 15.5. The molecule has 0 bridgehead atoms. The highest BCUT2D eigenvalue weighted by Gasteiger charge is 2.37. The third-order valence-corrected chi connectivity index (χ3v) is 4.03. The Morgan fingerprint density at radius 3 is 2.81 bits per heavy atom. The van der Waals surface area contributed by atoms with E-state index in [1.807, 2.05) is 31.2 Å². The van der Waals surface area contributed by atoms with Gasteiger partial charge in [-0.15, -0.1) is 0 Å². The van der Waals surface area contributed by atoms with E-state index in [1.54, 1.807) is 6.92 Å². The van der Waals surface area contributed by atoms with Crippen molar-refractivity contribution in [3.63, 3.8) is 0 Å². The number of benzene rings is 1. The molecule has 5 heteroatoms. The van der Waals surface area contributed by atoms with Crippen LogP contribution in [0.15, 0.2) is 24.3 Å². The molecule has 1 heterocycles. The van der Waals surface area contributed by atoms with Crippen molar-refractivity contribution in [2.75, 3.05) is 6.54 Å². The Morgan fingerprint density at radius 1 is 1.43 bits per heavy atom. The number of rotatable bonds is 5. The minimum absolute atomic E-state index is 0.229. The lowest BCUT2D eigenvalue weighted by molar-refractivity contribution is -0.147. The molecule has 0 aromatic heterocycles. The van der Waals surface area contributed by atoms with Crippen molar-refractivity contribution in [2.24, 2.45) is 0 Å². The minimum Gasteiger partial charge on any atom is -0.480 e. The Balaban J connectivity index is 2.20. The zero-order valence-corrected chi connectivity index (χ0v) is 12.5. The standard InChI is InChI=1S/C16H22N2O3/c1-3-8-16(2,15(20)21)18-14(19)13-10-17-9-11-6-4-5-7-12(11)13/h4-7,13,17H,3,8-10H2,1-2H3,(H,18,19)(H,20,21). The lowest BCUT2D eigenvalue weighted by Crippen LogP contribution is -2.54. The van der Waals surface area contributed by atoms with E-state index in [2.05, 4.69) is 10.6 Å². The van der Waals surface area contributed by atoms with Crippen LogP contribution in [0.1, 0.15) is 43.7 Å². The van der Waals surface area contributed by atoms with Crippen molar-refractivity contribution in [3.8, 4) is 0 Å². The molecule has 2 rings (SSSR count). The van der Waals surface area contributed by atoms with Crippen molar-refractivity contribution in [3.05, 3.63) is 35.4 Å². The molecule has 0 saturated carbocycles. The van der Waals surface area contributed by atoms with Gasteiger partial charge in [0.05, 0.1) is 5.92 Å². The maximum atomic E-state index is 12.5. The molecule has 1 aromatic carbocycles. The fraction of sp³-hybridized carbons (Fsp3) is 0.500. The first kappa shape index (κ1) is 15.5. The number of carboxylic acid groups (broad SMARTS) is 1. The molecular formula is C16H22N2O3. The normalized spacial score (nSPS) is 20.2. The van der Waals surface area contributed by atoms with E-state index in [-0.39, 0.29) is 11.8 Å². The van der Waals surface area contributed by atoms with Crippen molar-refractivity contribution >= 4 is 11.9 Å². The van der Waals surface area contributed by atoms with Crippen LogP contribution < -0.4 is 10.6 Å². The highest BCUT2D eigenvalue weighted by Crippen LogP contribution is 2.25. The van der Waals surface area contributed by atoms with Crippen LogP contribution in [-0.4, -0.2) is 29.1 Å². The molecule has 1 aliphatic rings. The summed E-state index contributed by atoms with van der Waals surface area (Å²) in [7, 11) is 0. The summed E-state index contributed by atoms with van der Waals surface area (Å²) in [4.78, 5) is 24.0. The van der Waals surface area contributed by atoms with Crippen LogP contribution in [0.4, 0.5) is 0 Å². The van der Waals surface area contributed by atoms with Gasteiger partial charge in [-0.05, 0) is 24.5 Å². The number of hydrogen-bond donors (Lipinski definition) is 3. The van der Waals surface area contributed by atoms with E-state index in [0.717, 1.165) is 17.7 Å². The summed E-state index contributed by atoms with van der Waals surface area (Å²) in [6, 6.07) is 7.79. The smallest absolute Gasteiger partial charge is 0.329 e. The molecule has 2 unspecified atom stereocenters. The number of nitrogens with one attached hydrogen (secondary N) is 2. The van der Waals surface area contributed by atoms with Crippen LogP contribution in [-0.2, 0) is 16.1 Å². The van der Waals surface area contributed by atoms with E-state index in [0.29, 0.717) is 19.4 Å². The van der Waals surface area contributed by atoms with Crippen molar-refractivity contribution in [1.82, 2.24) is 10.6 Å². The van der Waals surface area contributed by atoms with Crippen LogP contribution in [0.2, 0.25) is 0 Å². The van der Waals surface area contributed by atoms with E-state index >= 15 is 0 Å². The van der Waals surface area contributed by atoms with Crippen LogP contribution in [0, 0.1) is 0 Å². The number of amides is 1. The highest BCUT2D eigenvalue weighted by atomic mass is 16.4. The monoisotopic (exact) mass is 290 g/mol. The van der Waals surface area contributed by atoms with Gasteiger partial charge in [-0.25, -0.2) is 4.79 Å². The van der Waals surface area contributed by atoms with Gasteiger partial charge in [0.15, 0.2) is 0 Å². The predicted molar refractivity (Wildman–Crippen MR) is 80.0 cm³/mol. The third kappa shape index (κ3) is 3.24. The fourth-order valence-corrected chi connectivity index (χ4v) is 2.81. The summed E-state index contributed by atoms with van der Waals surface area (Å²) in [5.74, 6) is -1.56. The van der Waals surface area contributed by atoms with Crippen molar-refractivity contribution in [2.45, 2.75) is 44.7 Å². The van der Waals surface area contributed by atoms with Crippen molar-refractivity contribution in [1.29, 1.82) is 0 Å². The maximum Gasteiger partial charge on any atom is 0.329 e. The number of hydrogen-bond acceptors (Lipinski definition) is 3. The second-order valence-corrected chi connectivity index (χ2v) is 5.76. The van der Waals surface area contributed by atoms with Crippen LogP contribution in [0.3, 0.4) is 0 Å². The molecule has 21 heavy (non-hydrogen) atoms. The summed E-state index contributed by atoms with van der Waals surface area (Å²) in [5.41, 5.74) is 0.868. The molecule has 0 saturated heterocycles. The molecule has 5 nitrogen and oxygen atoms in total. The van der Waals surface area contributed by atoms with Crippen LogP contribution in [0.5, 0.6) is 0 Å². The average molecular weight is 290 g/mol. The van der Waals surface area contributed by atoms with Gasteiger partial charge in [-0.1, -0.05) is 37.6 Å². The number of aliphatic carboxylic acids is 1. The quantitative estimate of drug-likeness (QED) is 0.770. The summed E-state index contributed by atoms with van der Waals surface area (Å²) in [6.45, 7) is 4.75. The van der Waals surface area contributed by atoms with Gasteiger partial charge in [0.1, 0.15) is 5.54 Å². The lowest BCUT2D eigenvalue weighted by Gasteiger charge is -2.31. The largest absolute Gasteiger partial charge is 0.480 e. The van der Waals surface area contributed by atoms with Gasteiger partial charge in [0.2, 0.25) is 5.91 Å². The Kier molecular flexibility index (Phi) is 4.63. The minimum atomic E-state index is -1.21. The second kappa shape index (κ2) is 6.26. The molecule has 2 atom stereocenters. The first-order valence-electron chi connectivity index (χ1n) is 7.32. The predicted octanol–water partition coefficient (Wildman–Crippen LogP) is 1.63. The molecule has 1 amide bonds. The van der Waals surface area contributed by atoms with Gasteiger partial charge in [0.25, 0.3) is 0 Å². The Hall–Kier alpha value is -1.88. The number of fused-ring (bicyclic) bond motifs is 1. The molecule has 0 spiro atoms. The molecule has 0 radical (unpaired) electrons. The van der Waals surface area contributed by atoms with Gasteiger partial charge >= 0.3 is 5.97 Å². The SMILES string of the molecule is CCCC(C)(NC(=O)C1CNCc2ccccc21)C(=O)O. The van der Waals surface area contributed by atoms with E-state index in [1.165, 1.54) is 0 Å². The molecule has 1 aromatic rings.